The molecule has 3 aromatic rings. The molecule has 0 bridgehead atoms. The molecule has 0 atom stereocenters. The van der Waals surface area contributed by atoms with Gasteiger partial charge in [0.2, 0.25) is 0 Å². The van der Waals surface area contributed by atoms with Gasteiger partial charge >= 0.3 is 0 Å². The zero-order valence-electron chi connectivity index (χ0n) is 11.1. The Balaban J connectivity index is 2.21. The van der Waals surface area contributed by atoms with Gasteiger partial charge in [0.25, 0.3) is 0 Å². The van der Waals surface area contributed by atoms with Crippen LogP contribution in [0, 0.1) is 5.82 Å². The Hall–Kier alpha value is -1.98. The van der Waals surface area contributed by atoms with E-state index in [2.05, 4.69) is 21.0 Å². The maximum Gasteiger partial charge on any atom is 0.155 e. The highest BCUT2D eigenvalue weighted by Crippen LogP contribution is 2.30. The average Bonchev–Trinajstić information content (AvgIpc) is 2.84. The molecule has 0 fully saturated rings. The van der Waals surface area contributed by atoms with Crippen molar-refractivity contribution in [2.24, 2.45) is 0 Å². The first kappa shape index (κ1) is 14.9. The van der Waals surface area contributed by atoms with Crippen molar-refractivity contribution in [2.75, 3.05) is 0 Å². The van der Waals surface area contributed by atoms with Crippen molar-refractivity contribution in [1.29, 1.82) is 0 Å². The van der Waals surface area contributed by atoms with Crippen LogP contribution in [-0.2, 0) is 0 Å². The highest BCUT2D eigenvalue weighted by Gasteiger charge is 2.18. The van der Waals surface area contributed by atoms with Crippen molar-refractivity contribution in [3.63, 3.8) is 0 Å². The molecular formula is C16H9BrClFN2O. The molecule has 0 saturated carbocycles. The molecule has 0 spiro atoms. The van der Waals surface area contributed by atoms with E-state index in [1.807, 2.05) is 6.07 Å². The van der Waals surface area contributed by atoms with E-state index in [0.717, 1.165) is 0 Å². The largest absolute Gasteiger partial charge is 0.298 e. The second-order valence-electron chi connectivity index (χ2n) is 4.57. The Kier molecular flexibility index (Phi) is 4.09. The smallest absolute Gasteiger partial charge is 0.155 e. The van der Waals surface area contributed by atoms with Crippen LogP contribution in [0.1, 0.15) is 10.4 Å². The van der Waals surface area contributed by atoms with Crippen molar-refractivity contribution in [1.82, 2.24) is 9.78 Å². The lowest BCUT2D eigenvalue weighted by Crippen LogP contribution is -1.96. The number of carbonyl (C=O) groups is 1. The second kappa shape index (κ2) is 6.02. The third kappa shape index (κ3) is 2.69. The molecular weight excluding hydrogens is 371 g/mol. The van der Waals surface area contributed by atoms with Crippen LogP contribution in [0.25, 0.3) is 16.9 Å². The fourth-order valence-electron chi connectivity index (χ4n) is 2.14. The van der Waals surface area contributed by atoms with Crippen molar-refractivity contribution < 1.29 is 9.18 Å². The first-order valence-electron chi connectivity index (χ1n) is 6.35. The van der Waals surface area contributed by atoms with Crippen LogP contribution in [0.3, 0.4) is 0 Å². The summed E-state index contributed by atoms with van der Waals surface area (Å²) in [6.45, 7) is 0. The number of aromatic nitrogens is 2. The lowest BCUT2D eigenvalue weighted by atomic mass is 10.1. The molecule has 2 aromatic carbocycles. The summed E-state index contributed by atoms with van der Waals surface area (Å²) in [6.07, 6.45) is 0.693. The summed E-state index contributed by atoms with van der Waals surface area (Å²) < 4.78 is 15.5. The number of benzene rings is 2. The van der Waals surface area contributed by atoms with E-state index in [1.54, 1.807) is 35.0 Å². The third-order valence-electron chi connectivity index (χ3n) is 3.13. The SMILES string of the molecule is O=Cc1c(-c2cccc(F)c2)nn(-c2cccc(Cl)c2)c1Br. The minimum atomic E-state index is -0.386. The van der Waals surface area contributed by atoms with E-state index in [9.17, 15) is 9.18 Å². The maximum atomic E-state index is 13.4. The van der Waals surface area contributed by atoms with E-state index >= 15 is 0 Å². The first-order valence-corrected chi connectivity index (χ1v) is 7.53. The monoisotopic (exact) mass is 378 g/mol. The first-order chi connectivity index (χ1) is 10.6. The van der Waals surface area contributed by atoms with Gasteiger partial charge in [-0.2, -0.15) is 5.10 Å². The van der Waals surface area contributed by atoms with Crippen molar-refractivity contribution in [3.8, 4) is 16.9 Å². The van der Waals surface area contributed by atoms with E-state index in [1.165, 1.54) is 12.1 Å². The van der Waals surface area contributed by atoms with E-state index in [0.29, 0.717) is 38.4 Å². The van der Waals surface area contributed by atoms with Gasteiger partial charge in [0.05, 0.1) is 11.3 Å². The van der Waals surface area contributed by atoms with E-state index in [-0.39, 0.29) is 5.82 Å². The number of nitrogens with zero attached hydrogens (tertiary/aromatic N) is 2. The van der Waals surface area contributed by atoms with E-state index in [4.69, 9.17) is 11.6 Å². The fraction of sp³-hybridized carbons (Fsp3) is 0. The van der Waals surface area contributed by atoms with E-state index < -0.39 is 0 Å². The zero-order valence-corrected chi connectivity index (χ0v) is 13.5. The number of rotatable bonds is 3. The molecule has 3 nitrogen and oxygen atoms in total. The van der Waals surface area contributed by atoms with Gasteiger partial charge in [-0.1, -0.05) is 29.8 Å². The van der Waals surface area contributed by atoms with Crippen LogP contribution in [0.2, 0.25) is 5.02 Å². The summed E-state index contributed by atoms with van der Waals surface area (Å²) >= 11 is 9.36. The minimum Gasteiger partial charge on any atom is -0.298 e. The molecule has 3 rings (SSSR count). The molecule has 0 aliphatic carbocycles. The van der Waals surface area contributed by atoms with Crippen LogP contribution in [0.4, 0.5) is 4.39 Å². The van der Waals surface area contributed by atoms with Crippen molar-refractivity contribution in [3.05, 3.63) is 69.5 Å². The molecule has 0 aliphatic rings. The highest BCUT2D eigenvalue weighted by molar-refractivity contribution is 9.10. The van der Waals surface area contributed by atoms with Gasteiger partial charge in [0.1, 0.15) is 16.1 Å². The lowest BCUT2D eigenvalue weighted by molar-refractivity contribution is 0.112. The summed E-state index contributed by atoms with van der Waals surface area (Å²) in [7, 11) is 0. The van der Waals surface area contributed by atoms with Crippen LogP contribution in [0.5, 0.6) is 0 Å². The standard InChI is InChI=1S/C16H9BrClFN2O/c17-16-14(9-22)15(10-3-1-5-12(19)7-10)20-21(16)13-6-2-4-11(18)8-13/h1-9H. The molecule has 1 heterocycles. The zero-order chi connectivity index (χ0) is 15.7. The normalized spacial score (nSPS) is 10.7. The van der Waals surface area contributed by atoms with Gasteiger partial charge in [-0.15, -0.1) is 0 Å². The predicted molar refractivity (Wildman–Crippen MR) is 87.1 cm³/mol. The summed E-state index contributed by atoms with van der Waals surface area (Å²) in [4.78, 5) is 11.4. The summed E-state index contributed by atoms with van der Waals surface area (Å²) in [5.74, 6) is -0.386. The predicted octanol–water partition coefficient (Wildman–Crippen LogP) is 4.91. The molecule has 0 aliphatic heterocycles. The highest BCUT2D eigenvalue weighted by atomic mass is 79.9. The molecule has 0 radical (unpaired) electrons. The van der Waals surface area contributed by atoms with Gasteiger partial charge < -0.3 is 0 Å². The maximum absolute atomic E-state index is 13.4. The summed E-state index contributed by atoms with van der Waals surface area (Å²) in [5.41, 5.74) is 1.99. The fourth-order valence-corrected chi connectivity index (χ4v) is 2.89. The van der Waals surface area contributed by atoms with Crippen molar-refractivity contribution >= 4 is 33.8 Å². The molecule has 0 unspecified atom stereocenters. The van der Waals surface area contributed by atoms with Gasteiger partial charge in [-0.3, -0.25) is 4.79 Å². The molecule has 0 amide bonds. The minimum absolute atomic E-state index is 0.352. The van der Waals surface area contributed by atoms with Gasteiger partial charge in [0.15, 0.2) is 6.29 Å². The molecule has 0 saturated heterocycles. The topological polar surface area (TPSA) is 34.9 Å². The lowest BCUT2D eigenvalue weighted by Gasteiger charge is -2.03. The van der Waals surface area contributed by atoms with Gasteiger partial charge in [-0.25, -0.2) is 9.07 Å². The summed E-state index contributed by atoms with van der Waals surface area (Å²) in [6, 6.07) is 13.0. The number of aldehydes is 1. The Morgan fingerprint density at radius 1 is 1.18 bits per heavy atom. The third-order valence-corrected chi connectivity index (χ3v) is 4.13. The molecule has 1 aromatic heterocycles. The molecule has 0 N–H and O–H groups in total. The average molecular weight is 380 g/mol. The van der Waals surface area contributed by atoms with Crippen molar-refractivity contribution in [2.45, 2.75) is 0 Å². The Morgan fingerprint density at radius 2 is 1.95 bits per heavy atom. The molecule has 110 valence electrons. The number of hydrogen-bond donors (Lipinski definition) is 0. The quantitative estimate of drug-likeness (QED) is 0.606. The van der Waals surface area contributed by atoms with Crippen LogP contribution < -0.4 is 0 Å². The number of halogens is 3. The van der Waals surface area contributed by atoms with Gasteiger partial charge in [0, 0.05) is 10.6 Å². The molecule has 22 heavy (non-hydrogen) atoms. The molecule has 6 heteroatoms. The number of hydrogen-bond acceptors (Lipinski definition) is 2. The van der Waals surface area contributed by atoms with Crippen LogP contribution in [-0.4, -0.2) is 16.1 Å². The summed E-state index contributed by atoms with van der Waals surface area (Å²) in [5, 5.41) is 4.97. The Morgan fingerprint density at radius 3 is 2.64 bits per heavy atom. The Bertz CT molecular complexity index is 863. The van der Waals surface area contributed by atoms with Crippen LogP contribution in [0.15, 0.2) is 53.1 Å². The van der Waals surface area contributed by atoms with Crippen LogP contribution >= 0.6 is 27.5 Å². The second-order valence-corrected chi connectivity index (χ2v) is 5.76. The Labute approximate surface area is 139 Å². The number of carbonyl (C=O) groups excluding carboxylic acids is 1. The van der Waals surface area contributed by atoms with Gasteiger partial charge in [-0.05, 0) is 46.3 Å².